The van der Waals surface area contributed by atoms with Crippen molar-refractivity contribution in [3.63, 3.8) is 0 Å². The normalized spacial score (nSPS) is 16.2. The molecule has 0 aromatic heterocycles. The maximum atomic E-state index is 12.5. The zero-order valence-electron chi connectivity index (χ0n) is 12.7. The van der Waals surface area contributed by atoms with E-state index in [1.165, 1.54) is 0 Å². The van der Waals surface area contributed by atoms with Crippen molar-refractivity contribution in [3.8, 4) is 0 Å². The number of aryl methyl sites for hydroxylation is 1. The second-order valence-electron chi connectivity index (χ2n) is 5.66. The highest BCUT2D eigenvalue weighted by Crippen LogP contribution is 2.27. The number of urea groups is 1. The monoisotopic (exact) mass is 290 g/mol. The molecule has 5 nitrogen and oxygen atoms in total. The Morgan fingerprint density at radius 1 is 1.43 bits per heavy atom. The molecule has 0 radical (unpaired) electrons. The van der Waals surface area contributed by atoms with Crippen LogP contribution >= 0.6 is 0 Å². The van der Waals surface area contributed by atoms with Gasteiger partial charge in [0, 0.05) is 31.2 Å². The van der Waals surface area contributed by atoms with Gasteiger partial charge in [-0.2, -0.15) is 0 Å². The largest absolute Gasteiger partial charge is 0.481 e. The van der Waals surface area contributed by atoms with Crippen LogP contribution in [0.25, 0.3) is 0 Å². The number of carboxylic acids is 1. The molecule has 0 spiro atoms. The molecule has 114 valence electrons. The molecule has 5 heteroatoms. The fourth-order valence-electron chi connectivity index (χ4n) is 2.58. The lowest BCUT2D eigenvalue weighted by Gasteiger charge is -2.43. The molecule has 1 N–H and O–H groups in total. The van der Waals surface area contributed by atoms with E-state index in [1.807, 2.05) is 38.1 Å². The molecule has 1 fully saturated rings. The van der Waals surface area contributed by atoms with Gasteiger partial charge < -0.3 is 10.0 Å². The predicted molar refractivity (Wildman–Crippen MR) is 81.5 cm³/mol. The number of nitrogens with zero attached hydrogens (tertiary/aromatic N) is 2. The minimum Gasteiger partial charge on any atom is -0.481 e. The van der Waals surface area contributed by atoms with Gasteiger partial charge in [0.1, 0.15) is 0 Å². The van der Waals surface area contributed by atoms with Gasteiger partial charge in [-0.15, -0.1) is 0 Å². The van der Waals surface area contributed by atoms with E-state index in [-0.39, 0.29) is 11.9 Å². The fourth-order valence-corrected chi connectivity index (χ4v) is 2.58. The predicted octanol–water partition coefficient (Wildman–Crippen LogP) is 2.59. The van der Waals surface area contributed by atoms with Gasteiger partial charge >= 0.3 is 12.0 Å². The van der Waals surface area contributed by atoms with Gasteiger partial charge in [0.05, 0.1) is 5.92 Å². The van der Waals surface area contributed by atoms with Crippen molar-refractivity contribution in [3.05, 3.63) is 29.8 Å². The lowest BCUT2D eigenvalue weighted by Crippen LogP contribution is -2.57. The van der Waals surface area contributed by atoms with Crippen LogP contribution < -0.4 is 4.90 Å². The zero-order valence-corrected chi connectivity index (χ0v) is 12.7. The molecule has 1 saturated heterocycles. The quantitative estimate of drug-likeness (QED) is 0.927. The summed E-state index contributed by atoms with van der Waals surface area (Å²) in [6, 6.07) is 7.79. The summed E-state index contributed by atoms with van der Waals surface area (Å²) in [5, 5.41) is 8.99. The van der Waals surface area contributed by atoms with Gasteiger partial charge in [-0.3, -0.25) is 9.69 Å². The first kappa shape index (κ1) is 15.4. The van der Waals surface area contributed by atoms with E-state index < -0.39 is 11.9 Å². The number of aliphatic carboxylic acids is 1. The van der Waals surface area contributed by atoms with Crippen molar-refractivity contribution in [1.29, 1.82) is 0 Å². The second-order valence-corrected chi connectivity index (χ2v) is 5.66. The molecule has 0 saturated carbocycles. The fraction of sp³-hybridized carbons (Fsp3) is 0.500. The van der Waals surface area contributed by atoms with Gasteiger partial charge in [-0.05, 0) is 31.5 Å². The SMILES string of the molecule is CCN(C(=O)N1CC(C(C)C(=O)O)C1)c1cccc(C)c1. The molecule has 1 aromatic rings. The van der Waals surface area contributed by atoms with E-state index >= 15 is 0 Å². The summed E-state index contributed by atoms with van der Waals surface area (Å²) >= 11 is 0. The highest BCUT2D eigenvalue weighted by atomic mass is 16.4. The van der Waals surface area contributed by atoms with Gasteiger partial charge in [-0.1, -0.05) is 19.1 Å². The van der Waals surface area contributed by atoms with Crippen LogP contribution in [0.2, 0.25) is 0 Å². The Morgan fingerprint density at radius 3 is 2.62 bits per heavy atom. The van der Waals surface area contributed by atoms with Crippen molar-refractivity contribution < 1.29 is 14.7 Å². The van der Waals surface area contributed by atoms with Gasteiger partial charge in [0.2, 0.25) is 0 Å². The number of rotatable bonds is 4. The van der Waals surface area contributed by atoms with Crippen molar-refractivity contribution in [2.75, 3.05) is 24.5 Å². The number of anilines is 1. The summed E-state index contributed by atoms with van der Waals surface area (Å²) in [5.74, 6) is -1.14. The van der Waals surface area contributed by atoms with Gasteiger partial charge in [0.25, 0.3) is 0 Å². The smallest absolute Gasteiger partial charge is 0.324 e. The van der Waals surface area contributed by atoms with Crippen LogP contribution in [0.1, 0.15) is 19.4 Å². The molecule has 1 aliphatic rings. The molecule has 1 aromatic carbocycles. The molecule has 0 aliphatic carbocycles. The van der Waals surface area contributed by atoms with Crippen LogP contribution in [-0.2, 0) is 4.79 Å². The molecular formula is C16H22N2O3. The summed E-state index contributed by atoms with van der Waals surface area (Å²) in [6.45, 7) is 7.28. The number of carbonyl (C=O) groups excluding carboxylic acids is 1. The number of carbonyl (C=O) groups is 2. The van der Waals surface area contributed by atoms with E-state index in [0.29, 0.717) is 19.6 Å². The first-order valence-corrected chi connectivity index (χ1v) is 7.30. The Kier molecular flexibility index (Phi) is 4.50. The van der Waals surface area contributed by atoms with Crippen LogP contribution in [0.5, 0.6) is 0 Å². The molecule has 2 rings (SSSR count). The third-order valence-electron chi connectivity index (χ3n) is 4.14. The standard InChI is InChI=1S/C16H22N2O3/c1-4-18(14-7-5-6-11(2)8-14)16(21)17-9-13(10-17)12(3)15(19)20/h5-8,12-13H,4,9-10H2,1-3H3,(H,19,20). The molecular weight excluding hydrogens is 268 g/mol. The van der Waals surface area contributed by atoms with Crippen LogP contribution in [0, 0.1) is 18.8 Å². The molecule has 1 unspecified atom stereocenters. The van der Waals surface area contributed by atoms with Gasteiger partial charge in [0.15, 0.2) is 0 Å². The molecule has 1 heterocycles. The Morgan fingerprint density at radius 2 is 2.10 bits per heavy atom. The van der Waals surface area contributed by atoms with Crippen molar-refractivity contribution >= 4 is 17.7 Å². The van der Waals surface area contributed by atoms with Crippen molar-refractivity contribution in [2.45, 2.75) is 20.8 Å². The highest BCUT2D eigenvalue weighted by Gasteiger charge is 2.38. The summed E-state index contributed by atoms with van der Waals surface area (Å²) in [4.78, 5) is 26.9. The first-order chi connectivity index (χ1) is 9.93. The summed E-state index contributed by atoms with van der Waals surface area (Å²) in [7, 11) is 0. The average Bonchev–Trinajstić information content (AvgIpc) is 2.37. The highest BCUT2D eigenvalue weighted by molar-refractivity contribution is 5.92. The molecule has 1 atom stereocenters. The summed E-state index contributed by atoms with van der Waals surface area (Å²) in [6.07, 6.45) is 0. The van der Waals surface area contributed by atoms with Crippen LogP contribution in [0.3, 0.4) is 0 Å². The van der Waals surface area contributed by atoms with E-state index in [0.717, 1.165) is 11.3 Å². The average molecular weight is 290 g/mol. The number of benzene rings is 1. The van der Waals surface area contributed by atoms with Crippen LogP contribution in [0.4, 0.5) is 10.5 Å². The third-order valence-corrected chi connectivity index (χ3v) is 4.14. The molecule has 0 bridgehead atoms. The third kappa shape index (κ3) is 3.17. The number of amides is 2. The van der Waals surface area contributed by atoms with Crippen molar-refractivity contribution in [1.82, 2.24) is 4.90 Å². The summed E-state index contributed by atoms with van der Waals surface area (Å²) < 4.78 is 0. The van der Waals surface area contributed by atoms with E-state index in [4.69, 9.17) is 5.11 Å². The van der Waals surface area contributed by atoms with Crippen LogP contribution in [0.15, 0.2) is 24.3 Å². The number of hydrogen-bond donors (Lipinski definition) is 1. The minimum atomic E-state index is -0.793. The van der Waals surface area contributed by atoms with E-state index in [2.05, 4.69) is 0 Å². The Bertz CT molecular complexity index is 538. The second kappa shape index (κ2) is 6.16. The number of carboxylic acid groups (broad SMARTS) is 1. The maximum absolute atomic E-state index is 12.5. The van der Waals surface area contributed by atoms with E-state index in [1.54, 1.807) is 16.7 Å². The maximum Gasteiger partial charge on any atom is 0.324 e. The zero-order chi connectivity index (χ0) is 15.6. The van der Waals surface area contributed by atoms with Crippen LogP contribution in [-0.4, -0.2) is 41.6 Å². The lowest BCUT2D eigenvalue weighted by molar-refractivity contribution is -0.144. The Hall–Kier alpha value is -2.04. The molecule has 2 amide bonds. The number of hydrogen-bond acceptors (Lipinski definition) is 2. The van der Waals surface area contributed by atoms with Gasteiger partial charge in [-0.25, -0.2) is 4.79 Å². The Balaban J connectivity index is 2.01. The number of likely N-dealkylation sites (tertiary alicyclic amines) is 1. The summed E-state index contributed by atoms with van der Waals surface area (Å²) in [5.41, 5.74) is 2.00. The Labute approximate surface area is 125 Å². The van der Waals surface area contributed by atoms with E-state index in [9.17, 15) is 9.59 Å². The molecule has 21 heavy (non-hydrogen) atoms. The molecule has 1 aliphatic heterocycles. The van der Waals surface area contributed by atoms with Crippen molar-refractivity contribution in [2.24, 2.45) is 11.8 Å². The topological polar surface area (TPSA) is 60.9 Å². The lowest BCUT2D eigenvalue weighted by atomic mass is 9.87. The minimum absolute atomic E-state index is 0.0445. The first-order valence-electron chi connectivity index (χ1n) is 7.30.